The molecule has 3 heterocycles. The fraction of sp³-hybridized carbons (Fsp3) is 0.188. The van der Waals surface area contributed by atoms with E-state index in [1.807, 2.05) is 30.5 Å². The molecule has 122 valence electrons. The Morgan fingerprint density at radius 2 is 1.88 bits per heavy atom. The third-order valence-corrected chi connectivity index (χ3v) is 5.20. The van der Waals surface area contributed by atoms with E-state index in [4.69, 9.17) is 4.74 Å². The number of amides is 1. The van der Waals surface area contributed by atoms with Gasteiger partial charge >= 0.3 is 0 Å². The van der Waals surface area contributed by atoms with Crippen molar-refractivity contribution in [1.29, 1.82) is 0 Å². The molecule has 0 fully saturated rings. The lowest BCUT2D eigenvalue weighted by Crippen LogP contribution is -2.12. The Labute approximate surface area is 142 Å². The molecule has 8 heteroatoms. The Bertz CT molecular complexity index is 871. The first kappa shape index (κ1) is 14.8. The first-order chi connectivity index (χ1) is 11.8. The number of hydrogen-bond acceptors (Lipinski definition) is 5. The van der Waals surface area contributed by atoms with Crippen LogP contribution in [0.3, 0.4) is 0 Å². The quantitative estimate of drug-likeness (QED) is 0.680. The molecule has 3 aromatic rings. The van der Waals surface area contributed by atoms with Crippen LogP contribution in [0.15, 0.2) is 36.7 Å². The standard InChI is InChI=1S/C16H15N5O2S/c1-23-10-4-2-9(3-5-10)14-11(6-17-20-14)15-12-7-18-21-16(12)19-13(22)8-24-15/h2-7,15H,8H2,1H3,(H,17,20)(H2,18,19,21,22). The third-order valence-electron chi connectivity index (χ3n) is 3.93. The second-order valence-corrected chi connectivity index (χ2v) is 6.46. The third kappa shape index (κ3) is 2.54. The fourth-order valence-electron chi connectivity index (χ4n) is 2.76. The zero-order chi connectivity index (χ0) is 16.5. The molecule has 1 amide bonds. The molecule has 0 saturated heterocycles. The van der Waals surface area contributed by atoms with E-state index in [1.54, 1.807) is 25.1 Å². The Kier molecular flexibility index (Phi) is 3.73. The van der Waals surface area contributed by atoms with Gasteiger partial charge in [0.2, 0.25) is 5.91 Å². The topological polar surface area (TPSA) is 95.7 Å². The summed E-state index contributed by atoms with van der Waals surface area (Å²) in [5.74, 6) is 1.79. The first-order valence-electron chi connectivity index (χ1n) is 7.38. The zero-order valence-corrected chi connectivity index (χ0v) is 13.7. The number of nitrogens with zero attached hydrogens (tertiary/aromatic N) is 2. The van der Waals surface area contributed by atoms with Crippen molar-refractivity contribution in [3.05, 3.63) is 47.8 Å². The maximum Gasteiger partial charge on any atom is 0.235 e. The number of anilines is 1. The van der Waals surface area contributed by atoms with Gasteiger partial charge < -0.3 is 10.1 Å². The molecule has 3 N–H and O–H groups in total. The van der Waals surface area contributed by atoms with Crippen LogP contribution in [0.1, 0.15) is 16.4 Å². The van der Waals surface area contributed by atoms with Crippen molar-refractivity contribution >= 4 is 23.5 Å². The molecule has 1 aliphatic rings. The minimum Gasteiger partial charge on any atom is -0.497 e. The van der Waals surface area contributed by atoms with Crippen molar-refractivity contribution < 1.29 is 9.53 Å². The van der Waals surface area contributed by atoms with Crippen molar-refractivity contribution in [1.82, 2.24) is 20.4 Å². The monoisotopic (exact) mass is 341 g/mol. The summed E-state index contributed by atoms with van der Waals surface area (Å²) in [4.78, 5) is 11.9. The maximum atomic E-state index is 11.9. The highest BCUT2D eigenvalue weighted by Gasteiger charge is 2.28. The van der Waals surface area contributed by atoms with Gasteiger partial charge in [-0.25, -0.2) is 0 Å². The molecular formula is C16H15N5O2S. The normalized spacial score (nSPS) is 17.0. The summed E-state index contributed by atoms with van der Waals surface area (Å²) >= 11 is 1.56. The van der Waals surface area contributed by atoms with Crippen molar-refractivity contribution in [2.75, 3.05) is 18.2 Å². The first-order valence-corrected chi connectivity index (χ1v) is 8.43. The molecule has 2 aromatic heterocycles. The highest BCUT2D eigenvalue weighted by molar-refractivity contribution is 8.00. The van der Waals surface area contributed by atoms with E-state index >= 15 is 0 Å². The van der Waals surface area contributed by atoms with E-state index in [0.29, 0.717) is 11.6 Å². The molecule has 7 nitrogen and oxygen atoms in total. The number of carbonyl (C=O) groups is 1. The van der Waals surface area contributed by atoms with Gasteiger partial charge in [0, 0.05) is 16.7 Å². The highest BCUT2D eigenvalue weighted by atomic mass is 32.2. The number of hydrogen-bond donors (Lipinski definition) is 3. The number of aromatic nitrogens is 4. The average Bonchev–Trinajstić information content (AvgIpc) is 3.23. The molecule has 0 saturated carbocycles. The van der Waals surface area contributed by atoms with Gasteiger partial charge in [0.15, 0.2) is 0 Å². The van der Waals surface area contributed by atoms with Gasteiger partial charge in [0.1, 0.15) is 11.6 Å². The van der Waals surface area contributed by atoms with Crippen molar-refractivity contribution in [2.24, 2.45) is 0 Å². The summed E-state index contributed by atoms with van der Waals surface area (Å²) in [7, 11) is 1.64. The van der Waals surface area contributed by atoms with E-state index in [0.717, 1.165) is 28.1 Å². The minimum absolute atomic E-state index is 0.0337. The van der Waals surface area contributed by atoms with E-state index in [-0.39, 0.29) is 11.2 Å². The van der Waals surface area contributed by atoms with Crippen LogP contribution in [-0.2, 0) is 4.79 Å². The number of carbonyl (C=O) groups excluding carboxylic acids is 1. The Hall–Kier alpha value is -2.74. The summed E-state index contributed by atoms with van der Waals surface area (Å²) in [6.45, 7) is 0. The predicted molar refractivity (Wildman–Crippen MR) is 92.1 cm³/mol. The van der Waals surface area contributed by atoms with Crippen molar-refractivity contribution in [3.8, 4) is 17.0 Å². The molecular weight excluding hydrogens is 326 g/mol. The lowest BCUT2D eigenvalue weighted by molar-refractivity contribution is -0.113. The number of aromatic amines is 2. The summed E-state index contributed by atoms with van der Waals surface area (Å²) in [6.07, 6.45) is 3.56. The van der Waals surface area contributed by atoms with Gasteiger partial charge in [-0.2, -0.15) is 10.2 Å². The lowest BCUT2D eigenvalue weighted by Gasteiger charge is -2.14. The van der Waals surface area contributed by atoms with Crippen LogP contribution >= 0.6 is 11.8 Å². The number of thioether (sulfide) groups is 1. The summed E-state index contributed by atoms with van der Waals surface area (Å²) in [5.41, 5.74) is 3.90. The molecule has 1 aliphatic heterocycles. The van der Waals surface area contributed by atoms with Crippen LogP contribution < -0.4 is 10.1 Å². The summed E-state index contributed by atoms with van der Waals surface area (Å²) < 4.78 is 5.21. The van der Waals surface area contributed by atoms with Gasteiger partial charge in [-0.3, -0.25) is 15.0 Å². The predicted octanol–water partition coefficient (Wildman–Crippen LogP) is 2.58. The van der Waals surface area contributed by atoms with E-state index < -0.39 is 0 Å². The number of rotatable bonds is 3. The summed E-state index contributed by atoms with van der Waals surface area (Å²) in [5, 5.41) is 17.0. The fourth-order valence-corrected chi connectivity index (χ4v) is 3.87. The van der Waals surface area contributed by atoms with Crippen molar-refractivity contribution in [3.63, 3.8) is 0 Å². The maximum absolute atomic E-state index is 11.9. The number of H-pyrrole nitrogens is 2. The molecule has 24 heavy (non-hydrogen) atoms. The van der Waals surface area contributed by atoms with Gasteiger partial charge in [0.25, 0.3) is 0 Å². The highest BCUT2D eigenvalue weighted by Crippen LogP contribution is 2.43. The molecule has 0 radical (unpaired) electrons. The van der Waals surface area contributed by atoms with E-state index in [2.05, 4.69) is 25.7 Å². The molecule has 4 rings (SSSR count). The number of benzene rings is 1. The van der Waals surface area contributed by atoms with Crippen LogP contribution in [0.2, 0.25) is 0 Å². The van der Waals surface area contributed by atoms with Crippen LogP contribution in [0.25, 0.3) is 11.3 Å². The number of methoxy groups -OCH3 is 1. The summed E-state index contributed by atoms with van der Waals surface area (Å²) in [6, 6.07) is 7.79. The number of fused-ring (bicyclic) bond motifs is 1. The molecule has 0 bridgehead atoms. The molecule has 1 atom stereocenters. The molecule has 1 aromatic carbocycles. The second-order valence-electron chi connectivity index (χ2n) is 5.37. The SMILES string of the molecule is COc1ccc(-c2[nH]ncc2C2SCC(=O)Nc3[nH]ncc32)cc1. The van der Waals surface area contributed by atoms with Crippen LogP contribution in [0.5, 0.6) is 5.75 Å². The minimum atomic E-state index is -0.0394. The van der Waals surface area contributed by atoms with Gasteiger partial charge in [0.05, 0.1) is 36.2 Å². The zero-order valence-electron chi connectivity index (χ0n) is 12.9. The van der Waals surface area contributed by atoms with Gasteiger partial charge in [-0.05, 0) is 24.3 Å². The lowest BCUT2D eigenvalue weighted by atomic mass is 10.0. The van der Waals surface area contributed by atoms with Crippen LogP contribution in [-0.4, -0.2) is 39.2 Å². The smallest absolute Gasteiger partial charge is 0.235 e. The average molecular weight is 341 g/mol. The second kappa shape index (κ2) is 6.04. The Balaban J connectivity index is 1.76. The van der Waals surface area contributed by atoms with Gasteiger partial charge in [-0.1, -0.05) is 0 Å². The van der Waals surface area contributed by atoms with E-state index in [9.17, 15) is 4.79 Å². The molecule has 0 spiro atoms. The molecule has 1 unspecified atom stereocenters. The largest absolute Gasteiger partial charge is 0.497 e. The van der Waals surface area contributed by atoms with E-state index in [1.165, 1.54) is 0 Å². The van der Waals surface area contributed by atoms with Crippen molar-refractivity contribution in [2.45, 2.75) is 5.25 Å². The van der Waals surface area contributed by atoms with Crippen LogP contribution in [0, 0.1) is 0 Å². The number of ether oxygens (including phenoxy) is 1. The van der Waals surface area contributed by atoms with Crippen LogP contribution in [0.4, 0.5) is 5.82 Å². The van der Waals surface area contributed by atoms with Gasteiger partial charge in [-0.15, -0.1) is 11.8 Å². The Morgan fingerprint density at radius 3 is 2.67 bits per heavy atom. The Morgan fingerprint density at radius 1 is 1.12 bits per heavy atom. The number of nitrogens with one attached hydrogen (secondary N) is 3. The molecule has 0 aliphatic carbocycles.